The Bertz CT molecular complexity index is 1240. The summed E-state index contributed by atoms with van der Waals surface area (Å²) in [6.07, 6.45) is 0.826. The summed E-state index contributed by atoms with van der Waals surface area (Å²) in [5.41, 5.74) is 2.31. The highest BCUT2D eigenvalue weighted by Gasteiger charge is 2.44. The SMILES string of the molecule is O=C(O)CC1[C@H](O)C[C@H](OC(=O)c2ccc(-c3ccccc3)cc2)[C@H]1C=CC(=O)COc1ccccc1. The third-order valence-electron chi connectivity index (χ3n) is 6.42. The maximum atomic E-state index is 12.9. The summed E-state index contributed by atoms with van der Waals surface area (Å²) in [5, 5.41) is 19.9. The van der Waals surface area contributed by atoms with Gasteiger partial charge in [0, 0.05) is 18.3 Å². The minimum atomic E-state index is -1.08. The van der Waals surface area contributed by atoms with E-state index in [1.807, 2.05) is 48.5 Å². The predicted octanol–water partition coefficient (Wildman–Crippen LogP) is 4.56. The maximum Gasteiger partial charge on any atom is 0.338 e. The molecule has 0 saturated heterocycles. The number of carboxylic acid groups (broad SMARTS) is 1. The van der Waals surface area contributed by atoms with Crippen LogP contribution in [0.25, 0.3) is 11.1 Å². The second-order valence-corrected chi connectivity index (χ2v) is 8.96. The Morgan fingerprint density at radius 3 is 2.14 bits per heavy atom. The van der Waals surface area contributed by atoms with Crippen molar-refractivity contribution in [3.8, 4) is 16.9 Å². The van der Waals surface area contributed by atoms with Crippen molar-refractivity contribution in [3.05, 3.63) is 103 Å². The van der Waals surface area contributed by atoms with Crippen LogP contribution >= 0.6 is 0 Å². The van der Waals surface area contributed by atoms with Gasteiger partial charge in [0.15, 0.2) is 12.4 Å². The van der Waals surface area contributed by atoms with Crippen molar-refractivity contribution in [1.29, 1.82) is 0 Å². The lowest BCUT2D eigenvalue weighted by Gasteiger charge is -2.21. The lowest BCUT2D eigenvalue weighted by Crippen LogP contribution is -2.26. The molecular formula is C30H28O7. The van der Waals surface area contributed by atoms with Crippen LogP contribution in [0.3, 0.4) is 0 Å². The van der Waals surface area contributed by atoms with Gasteiger partial charge in [0.2, 0.25) is 0 Å². The summed E-state index contributed by atoms with van der Waals surface area (Å²) >= 11 is 0. The Hall–Kier alpha value is -4.23. The summed E-state index contributed by atoms with van der Waals surface area (Å²) in [4.78, 5) is 36.7. The number of ether oxygens (including phenoxy) is 2. The molecule has 0 heterocycles. The largest absolute Gasteiger partial charge is 0.485 e. The van der Waals surface area contributed by atoms with E-state index in [2.05, 4.69) is 0 Å². The molecule has 0 amide bonds. The van der Waals surface area contributed by atoms with Crippen LogP contribution < -0.4 is 4.74 Å². The van der Waals surface area contributed by atoms with Crippen LogP contribution in [-0.4, -0.2) is 46.7 Å². The van der Waals surface area contributed by atoms with Crippen LogP contribution in [0.1, 0.15) is 23.2 Å². The highest BCUT2D eigenvalue weighted by molar-refractivity contribution is 5.91. The Labute approximate surface area is 215 Å². The first-order valence-electron chi connectivity index (χ1n) is 12.1. The molecule has 3 aromatic carbocycles. The highest BCUT2D eigenvalue weighted by Crippen LogP contribution is 2.38. The zero-order valence-electron chi connectivity index (χ0n) is 20.1. The molecule has 4 rings (SSSR count). The zero-order valence-corrected chi connectivity index (χ0v) is 20.1. The fraction of sp³-hybridized carbons (Fsp3) is 0.233. The quantitative estimate of drug-likeness (QED) is 0.310. The van der Waals surface area contributed by atoms with Crippen molar-refractivity contribution in [2.75, 3.05) is 6.61 Å². The number of aliphatic carboxylic acids is 1. The molecule has 2 N–H and O–H groups in total. The smallest absolute Gasteiger partial charge is 0.338 e. The van der Waals surface area contributed by atoms with Gasteiger partial charge in [-0.05, 0) is 41.5 Å². The van der Waals surface area contributed by atoms with Gasteiger partial charge >= 0.3 is 11.9 Å². The molecule has 1 aliphatic carbocycles. The van der Waals surface area contributed by atoms with E-state index < -0.39 is 36.0 Å². The number of carbonyl (C=O) groups excluding carboxylic acids is 2. The van der Waals surface area contributed by atoms with Crippen molar-refractivity contribution in [1.82, 2.24) is 0 Å². The second-order valence-electron chi connectivity index (χ2n) is 8.96. The molecule has 1 unspecified atom stereocenters. The first kappa shape index (κ1) is 25.9. The summed E-state index contributed by atoms with van der Waals surface area (Å²) in [7, 11) is 0. The molecule has 0 spiro atoms. The van der Waals surface area contributed by atoms with Crippen LogP contribution in [0.5, 0.6) is 5.75 Å². The number of hydrogen-bond acceptors (Lipinski definition) is 6. The van der Waals surface area contributed by atoms with E-state index in [9.17, 15) is 24.6 Å². The molecule has 7 heteroatoms. The lowest BCUT2D eigenvalue weighted by atomic mass is 9.90. The number of aliphatic hydroxyl groups is 1. The van der Waals surface area contributed by atoms with Gasteiger partial charge in [0.05, 0.1) is 18.1 Å². The number of para-hydroxylation sites is 1. The average Bonchev–Trinajstić information content (AvgIpc) is 3.20. The molecule has 3 aromatic rings. The second kappa shape index (κ2) is 12.1. The third kappa shape index (κ3) is 6.92. The zero-order chi connectivity index (χ0) is 26.2. The van der Waals surface area contributed by atoms with Gasteiger partial charge in [-0.2, -0.15) is 0 Å². The molecule has 4 atom stereocenters. The van der Waals surface area contributed by atoms with Crippen LogP contribution in [0, 0.1) is 11.8 Å². The summed E-state index contributed by atoms with van der Waals surface area (Å²) in [6.45, 7) is -0.197. The van der Waals surface area contributed by atoms with Crippen molar-refractivity contribution in [3.63, 3.8) is 0 Å². The fourth-order valence-corrected chi connectivity index (χ4v) is 4.54. The van der Waals surface area contributed by atoms with Crippen LogP contribution in [0.2, 0.25) is 0 Å². The molecule has 0 radical (unpaired) electrons. The van der Waals surface area contributed by atoms with Gasteiger partial charge in [-0.25, -0.2) is 4.79 Å². The van der Waals surface area contributed by atoms with Crippen molar-refractivity contribution in [2.45, 2.75) is 25.0 Å². The predicted molar refractivity (Wildman–Crippen MR) is 137 cm³/mol. The van der Waals surface area contributed by atoms with Gasteiger partial charge in [0.1, 0.15) is 11.9 Å². The van der Waals surface area contributed by atoms with E-state index in [1.165, 1.54) is 12.2 Å². The molecule has 1 aliphatic rings. The third-order valence-corrected chi connectivity index (χ3v) is 6.42. The molecule has 7 nitrogen and oxygen atoms in total. The standard InChI is InChI=1S/C30H28O7/c31-23(19-36-24-9-5-2-6-10-24)15-16-25-26(17-29(33)34)27(32)18-28(25)37-30(35)22-13-11-21(12-14-22)20-7-3-1-4-8-20/h1-16,25-28,32H,17-19H2,(H,33,34)/t25-,26?,27+,28-/m0/s1. The van der Waals surface area contributed by atoms with E-state index in [-0.39, 0.29) is 25.2 Å². The number of carbonyl (C=O) groups is 3. The van der Waals surface area contributed by atoms with E-state index in [0.717, 1.165) is 11.1 Å². The molecular weight excluding hydrogens is 472 g/mol. The number of carboxylic acids is 1. The first-order chi connectivity index (χ1) is 17.9. The summed E-state index contributed by atoms with van der Waals surface area (Å²) in [5.74, 6) is -2.78. The average molecular weight is 501 g/mol. The first-order valence-corrected chi connectivity index (χ1v) is 12.1. The normalized spacial score (nSPS) is 21.0. The fourth-order valence-electron chi connectivity index (χ4n) is 4.54. The highest BCUT2D eigenvalue weighted by atomic mass is 16.5. The summed E-state index contributed by atoms with van der Waals surface area (Å²) < 4.78 is 11.2. The van der Waals surface area contributed by atoms with Crippen molar-refractivity contribution in [2.24, 2.45) is 11.8 Å². The van der Waals surface area contributed by atoms with Gasteiger partial charge in [-0.3, -0.25) is 9.59 Å². The molecule has 0 bridgehead atoms. The Kier molecular flexibility index (Phi) is 8.48. The Morgan fingerprint density at radius 2 is 1.49 bits per heavy atom. The number of ketones is 1. The number of benzene rings is 3. The van der Waals surface area contributed by atoms with E-state index in [1.54, 1.807) is 36.4 Å². The number of hydrogen-bond donors (Lipinski definition) is 2. The van der Waals surface area contributed by atoms with Crippen LogP contribution in [0.15, 0.2) is 97.1 Å². The Morgan fingerprint density at radius 1 is 0.865 bits per heavy atom. The minimum absolute atomic E-state index is 0.0789. The molecule has 0 aromatic heterocycles. The number of rotatable bonds is 10. The monoisotopic (exact) mass is 500 g/mol. The van der Waals surface area contributed by atoms with Crippen LogP contribution in [0.4, 0.5) is 0 Å². The van der Waals surface area contributed by atoms with Gasteiger partial charge in [-0.15, -0.1) is 0 Å². The molecule has 0 aliphatic heterocycles. The minimum Gasteiger partial charge on any atom is -0.485 e. The van der Waals surface area contributed by atoms with Gasteiger partial charge in [-0.1, -0.05) is 66.7 Å². The van der Waals surface area contributed by atoms with Crippen LogP contribution in [-0.2, 0) is 14.3 Å². The molecule has 1 fully saturated rings. The number of aliphatic hydroxyl groups excluding tert-OH is 1. The van der Waals surface area contributed by atoms with Gasteiger partial charge < -0.3 is 19.7 Å². The Balaban J connectivity index is 1.44. The van der Waals surface area contributed by atoms with E-state index in [0.29, 0.717) is 11.3 Å². The topological polar surface area (TPSA) is 110 Å². The maximum absolute atomic E-state index is 12.9. The van der Waals surface area contributed by atoms with E-state index in [4.69, 9.17) is 9.47 Å². The molecule has 190 valence electrons. The van der Waals surface area contributed by atoms with Gasteiger partial charge in [0.25, 0.3) is 0 Å². The number of esters is 1. The molecule has 1 saturated carbocycles. The summed E-state index contributed by atoms with van der Waals surface area (Å²) in [6, 6.07) is 25.6. The molecule has 37 heavy (non-hydrogen) atoms. The van der Waals surface area contributed by atoms with Crippen molar-refractivity contribution >= 4 is 17.7 Å². The lowest BCUT2D eigenvalue weighted by molar-refractivity contribution is -0.139. The van der Waals surface area contributed by atoms with E-state index >= 15 is 0 Å². The van der Waals surface area contributed by atoms with Crippen molar-refractivity contribution < 1.29 is 34.1 Å².